The molecule has 8 nitrogen and oxygen atoms in total. The number of carbonyl (C=O) groups excluding carboxylic acids is 2. The molecule has 31 heavy (non-hydrogen) atoms. The zero-order chi connectivity index (χ0) is 23.3. The van der Waals surface area contributed by atoms with Crippen LogP contribution < -0.4 is 10.9 Å². The molecule has 0 radical (unpaired) electrons. The Labute approximate surface area is 182 Å². The van der Waals surface area contributed by atoms with Crippen LogP contribution >= 0.6 is 0 Å². The summed E-state index contributed by atoms with van der Waals surface area (Å²) >= 11 is 0. The molecule has 1 aromatic heterocycles. The van der Waals surface area contributed by atoms with Crippen molar-refractivity contribution in [3.05, 3.63) is 56.5 Å². The fourth-order valence-electron chi connectivity index (χ4n) is 3.17. The predicted octanol–water partition coefficient (Wildman–Crippen LogP) is 2.61. The molecular weight excluding hydrogens is 394 g/mol. The van der Waals surface area contributed by atoms with Crippen molar-refractivity contribution in [2.45, 2.75) is 60.5 Å². The van der Waals surface area contributed by atoms with Crippen molar-refractivity contribution >= 4 is 17.5 Å². The van der Waals surface area contributed by atoms with Gasteiger partial charge in [0.2, 0.25) is 11.8 Å². The van der Waals surface area contributed by atoms with Crippen LogP contribution in [0.25, 0.3) is 0 Å². The van der Waals surface area contributed by atoms with E-state index >= 15 is 0 Å². The maximum Gasteiger partial charge on any atom is 0.285 e. The first-order chi connectivity index (χ1) is 14.6. The highest BCUT2D eigenvalue weighted by molar-refractivity contribution is 5.95. The summed E-state index contributed by atoms with van der Waals surface area (Å²) in [4.78, 5) is 39.7. The van der Waals surface area contributed by atoms with E-state index in [4.69, 9.17) is 0 Å². The van der Waals surface area contributed by atoms with Crippen LogP contribution in [0.4, 0.5) is 5.69 Å². The predicted molar refractivity (Wildman–Crippen MR) is 119 cm³/mol. The van der Waals surface area contributed by atoms with Gasteiger partial charge in [-0.3, -0.25) is 14.4 Å². The number of benzene rings is 1. The van der Waals surface area contributed by atoms with Crippen LogP contribution in [0.5, 0.6) is 0 Å². The third-order valence-electron chi connectivity index (χ3n) is 5.67. The minimum Gasteiger partial charge on any atom is -0.329 e. The summed E-state index contributed by atoms with van der Waals surface area (Å²) in [5.74, 6) is -0.729. The van der Waals surface area contributed by atoms with E-state index in [-0.39, 0.29) is 30.6 Å². The number of rotatable bonds is 7. The monoisotopic (exact) mass is 423 g/mol. The molecule has 2 aromatic rings. The highest BCUT2D eigenvalue weighted by Gasteiger charge is 2.24. The molecule has 1 N–H and O–H groups in total. The van der Waals surface area contributed by atoms with E-state index in [1.54, 1.807) is 13.8 Å². The highest BCUT2D eigenvalue weighted by atomic mass is 16.2. The van der Waals surface area contributed by atoms with Crippen LogP contribution in [0, 0.1) is 39.0 Å². The second kappa shape index (κ2) is 10.0. The minimum absolute atomic E-state index is 0.0249. The number of hydrogen-bond acceptors (Lipinski definition) is 5. The van der Waals surface area contributed by atoms with Crippen LogP contribution in [0.2, 0.25) is 0 Å². The Morgan fingerprint density at radius 2 is 1.90 bits per heavy atom. The fourth-order valence-corrected chi connectivity index (χ4v) is 3.17. The lowest BCUT2D eigenvalue weighted by atomic mass is 10.1. The number of aromatic nitrogens is 2. The van der Waals surface area contributed by atoms with Gasteiger partial charge in [-0.2, -0.15) is 10.4 Å². The van der Waals surface area contributed by atoms with E-state index < -0.39 is 11.5 Å². The highest BCUT2D eigenvalue weighted by Crippen LogP contribution is 2.18. The average molecular weight is 424 g/mol. The zero-order valence-corrected chi connectivity index (χ0v) is 18.9. The Kier molecular flexibility index (Phi) is 7.70. The van der Waals surface area contributed by atoms with Gasteiger partial charge in [0.15, 0.2) is 0 Å². The van der Waals surface area contributed by atoms with Gasteiger partial charge < -0.3 is 10.2 Å². The van der Waals surface area contributed by atoms with Crippen molar-refractivity contribution in [3.63, 3.8) is 0 Å². The van der Waals surface area contributed by atoms with E-state index in [9.17, 15) is 19.6 Å². The standard InChI is InChI=1S/C23H29N5O3/c1-7-15(3)27(12-21(29)25-20-10-8-9-14(2)16(20)4)22(30)13-28-23(31)19(11-24)17(5)18(6)26-28/h8-10,15H,7,12-13H2,1-6H3,(H,25,29)/t15-/m0/s1. The van der Waals surface area contributed by atoms with Gasteiger partial charge in [0.25, 0.3) is 5.56 Å². The van der Waals surface area contributed by atoms with Crippen molar-refractivity contribution < 1.29 is 9.59 Å². The quantitative estimate of drug-likeness (QED) is 0.736. The number of nitrogens with one attached hydrogen (secondary N) is 1. The molecule has 0 saturated heterocycles. The molecule has 0 aliphatic rings. The fraction of sp³-hybridized carbons (Fsp3) is 0.435. The Balaban J connectivity index is 2.25. The molecule has 2 amide bonds. The molecule has 0 aliphatic heterocycles. The first-order valence-electron chi connectivity index (χ1n) is 10.2. The summed E-state index contributed by atoms with van der Waals surface area (Å²) in [5, 5.41) is 16.3. The van der Waals surface area contributed by atoms with Crippen LogP contribution in [0.15, 0.2) is 23.0 Å². The van der Waals surface area contributed by atoms with E-state index in [1.165, 1.54) is 4.90 Å². The minimum atomic E-state index is -0.608. The first kappa shape index (κ1) is 23.8. The maximum absolute atomic E-state index is 13.0. The molecule has 0 fully saturated rings. The maximum atomic E-state index is 13.0. The molecule has 0 saturated carbocycles. The van der Waals surface area contributed by atoms with Gasteiger partial charge >= 0.3 is 0 Å². The Hall–Kier alpha value is -3.47. The first-order valence-corrected chi connectivity index (χ1v) is 10.2. The summed E-state index contributed by atoms with van der Waals surface area (Å²) in [6.07, 6.45) is 0.640. The smallest absolute Gasteiger partial charge is 0.285 e. The number of carbonyl (C=O) groups is 2. The summed E-state index contributed by atoms with van der Waals surface area (Å²) in [7, 11) is 0. The number of nitriles is 1. The van der Waals surface area contributed by atoms with Crippen molar-refractivity contribution in [1.82, 2.24) is 14.7 Å². The molecule has 0 aliphatic carbocycles. The normalized spacial score (nSPS) is 11.5. The van der Waals surface area contributed by atoms with Gasteiger partial charge in [0.05, 0.1) is 5.69 Å². The molecule has 0 spiro atoms. The number of nitrogens with zero attached hydrogens (tertiary/aromatic N) is 4. The van der Waals surface area contributed by atoms with Crippen LogP contribution in [0.3, 0.4) is 0 Å². The van der Waals surface area contributed by atoms with Gasteiger partial charge in [-0.15, -0.1) is 0 Å². The number of hydrogen-bond donors (Lipinski definition) is 1. The van der Waals surface area contributed by atoms with Crippen LogP contribution in [-0.4, -0.2) is 39.1 Å². The molecule has 1 heterocycles. The summed E-state index contributed by atoms with van der Waals surface area (Å²) < 4.78 is 1.00. The summed E-state index contributed by atoms with van der Waals surface area (Å²) in [6.45, 7) is 10.5. The van der Waals surface area contributed by atoms with E-state index in [0.717, 1.165) is 15.8 Å². The van der Waals surface area contributed by atoms with Gasteiger partial charge in [-0.25, -0.2) is 4.68 Å². The van der Waals surface area contributed by atoms with Crippen molar-refractivity contribution in [1.29, 1.82) is 5.26 Å². The van der Waals surface area contributed by atoms with Gasteiger partial charge in [-0.05, 0) is 63.8 Å². The molecular formula is C23H29N5O3. The molecule has 1 aromatic carbocycles. The molecule has 0 bridgehead atoms. The molecule has 8 heteroatoms. The lowest BCUT2D eigenvalue weighted by molar-refractivity contribution is -0.137. The zero-order valence-electron chi connectivity index (χ0n) is 18.9. The van der Waals surface area contributed by atoms with Crippen molar-refractivity contribution in [2.75, 3.05) is 11.9 Å². The van der Waals surface area contributed by atoms with E-state index in [0.29, 0.717) is 23.4 Å². The van der Waals surface area contributed by atoms with Crippen molar-refractivity contribution in [3.8, 4) is 6.07 Å². The third kappa shape index (κ3) is 5.37. The second-order valence-electron chi connectivity index (χ2n) is 7.73. The number of amides is 2. The SMILES string of the molecule is CC[C@H](C)N(CC(=O)Nc1cccc(C)c1C)C(=O)Cn1nc(C)c(C)c(C#N)c1=O. The second-order valence-corrected chi connectivity index (χ2v) is 7.73. The molecule has 2 rings (SSSR count). The van der Waals surface area contributed by atoms with Gasteiger partial charge in [0, 0.05) is 11.7 Å². The van der Waals surface area contributed by atoms with Crippen LogP contribution in [-0.2, 0) is 16.1 Å². The summed E-state index contributed by atoms with van der Waals surface area (Å²) in [5.41, 5.74) is 3.10. The lowest BCUT2D eigenvalue weighted by Gasteiger charge is -2.28. The Morgan fingerprint density at radius 3 is 2.52 bits per heavy atom. The largest absolute Gasteiger partial charge is 0.329 e. The topological polar surface area (TPSA) is 108 Å². The molecule has 164 valence electrons. The van der Waals surface area contributed by atoms with Gasteiger partial charge in [-0.1, -0.05) is 19.1 Å². The summed E-state index contributed by atoms with van der Waals surface area (Å²) in [6, 6.07) is 7.32. The molecule has 1 atom stereocenters. The lowest BCUT2D eigenvalue weighted by Crippen LogP contribution is -2.46. The Morgan fingerprint density at radius 1 is 1.23 bits per heavy atom. The number of aryl methyl sites for hydroxylation is 2. The van der Waals surface area contributed by atoms with E-state index in [2.05, 4.69) is 10.4 Å². The molecule has 0 unspecified atom stereocenters. The van der Waals surface area contributed by atoms with Crippen molar-refractivity contribution in [2.24, 2.45) is 0 Å². The Bertz CT molecular complexity index is 1100. The average Bonchev–Trinajstić information content (AvgIpc) is 2.73. The van der Waals surface area contributed by atoms with E-state index in [1.807, 2.05) is 52.0 Å². The number of anilines is 1. The van der Waals surface area contributed by atoms with Gasteiger partial charge in [0.1, 0.15) is 24.7 Å². The third-order valence-corrected chi connectivity index (χ3v) is 5.67. The van der Waals surface area contributed by atoms with Crippen LogP contribution in [0.1, 0.15) is 48.2 Å².